The van der Waals surface area contributed by atoms with Crippen molar-refractivity contribution in [1.82, 2.24) is 15.0 Å². The lowest BCUT2D eigenvalue weighted by molar-refractivity contribution is -0.387. The summed E-state index contributed by atoms with van der Waals surface area (Å²) in [6.07, 6.45) is 1.16. The van der Waals surface area contributed by atoms with Crippen LogP contribution in [-0.4, -0.2) is 19.9 Å². The highest BCUT2D eigenvalue weighted by Crippen LogP contribution is 2.38. The molecule has 8 nitrogen and oxygen atoms in total. The lowest BCUT2D eigenvalue weighted by Gasteiger charge is -2.10. The number of fused-ring (bicyclic) bond motifs is 1. The van der Waals surface area contributed by atoms with Gasteiger partial charge in [0.05, 0.1) is 4.92 Å². The maximum Gasteiger partial charge on any atom is 0.393 e. The second-order valence-corrected chi connectivity index (χ2v) is 6.39. The van der Waals surface area contributed by atoms with Crippen LogP contribution in [0, 0.1) is 24.0 Å². The van der Waals surface area contributed by atoms with E-state index in [1.54, 1.807) is 24.3 Å². The van der Waals surface area contributed by atoms with Crippen LogP contribution in [0.3, 0.4) is 0 Å². The van der Waals surface area contributed by atoms with E-state index >= 15 is 0 Å². The fourth-order valence-electron chi connectivity index (χ4n) is 2.77. The van der Waals surface area contributed by atoms with Crippen LogP contribution < -0.4 is 9.47 Å². The molecule has 2 heterocycles. The molecule has 0 radical (unpaired) electrons. The van der Waals surface area contributed by atoms with Crippen LogP contribution in [0.15, 0.2) is 60.9 Å². The third-order valence-corrected chi connectivity index (χ3v) is 4.20. The monoisotopic (exact) mass is 388 g/mol. The van der Waals surface area contributed by atoms with E-state index in [0.29, 0.717) is 17.0 Å². The van der Waals surface area contributed by atoms with Gasteiger partial charge in [-0.05, 0) is 38.1 Å². The minimum atomic E-state index is -0.622. The van der Waals surface area contributed by atoms with E-state index in [4.69, 9.17) is 9.47 Å². The van der Waals surface area contributed by atoms with E-state index in [0.717, 1.165) is 23.0 Å². The van der Waals surface area contributed by atoms with E-state index < -0.39 is 10.6 Å². The molecular weight excluding hydrogens is 372 g/mol. The van der Waals surface area contributed by atoms with Crippen LogP contribution >= 0.6 is 0 Å². The highest BCUT2D eigenvalue weighted by Gasteiger charge is 2.27. The van der Waals surface area contributed by atoms with Gasteiger partial charge in [0, 0.05) is 11.1 Å². The number of benzene rings is 2. The molecule has 29 heavy (non-hydrogen) atoms. The predicted octanol–water partition coefficient (Wildman–Crippen LogP) is 5.13. The average molecular weight is 388 g/mol. The lowest BCUT2D eigenvalue weighted by Crippen LogP contribution is -2.01. The zero-order valence-electron chi connectivity index (χ0n) is 15.7. The van der Waals surface area contributed by atoms with Crippen LogP contribution in [0.25, 0.3) is 10.9 Å². The summed E-state index contributed by atoms with van der Waals surface area (Å²) < 4.78 is 11.4. The summed E-state index contributed by atoms with van der Waals surface area (Å²) in [4.78, 5) is 23.5. The first-order chi connectivity index (χ1) is 14.0. The Bertz CT molecular complexity index is 1210. The van der Waals surface area contributed by atoms with Crippen molar-refractivity contribution in [3.63, 3.8) is 0 Å². The second-order valence-electron chi connectivity index (χ2n) is 6.39. The fraction of sp³-hybridized carbons (Fsp3) is 0.0952. The summed E-state index contributed by atoms with van der Waals surface area (Å²) >= 11 is 0. The van der Waals surface area contributed by atoms with E-state index in [2.05, 4.69) is 15.0 Å². The van der Waals surface area contributed by atoms with Gasteiger partial charge in [0.25, 0.3) is 0 Å². The Hall–Kier alpha value is -4.07. The van der Waals surface area contributed by atoms with Gasteiger partial charge in [-0.15, -0.1) is 0 Å². The number of hydrogen-bond acceptors (Lipinski definition) is 7. The van der Waals surface area contributed by atoms with Crippen molar-refractivity contribution >= 4 is 16.6 Å². The van der Waals surface area contributed by atoms with E-state index in [1.165, 1.54) is 0 Å². The third-order valence-electron chi connectivity index (χ3n) is 4.20. The molecule has 0 bridgehead atoms. The van der Waals surface area contributed by atoms with Crippen molar-refractivity contribution in [2.24, 2.45) is 0 Å². The van der Waals surface area contributed by atoms with Gasteiger partial charge in [0.2, 0.25) is 0 Å². The van der Waals surface area contributed by atoms with Crippen molar-refractivity contribution in [2.45, 2.75) is 13.8 Å². The first kappa shape index (κ1) is 18.3. The topological polar surface area (TPSA) is 100 Å². The maximum absolute atomic E-state index is 11.7. The first-order valence-electron chi connectivity index (χ1n) is 8.79. The summed E-state index contributed by atoms with van der Waals surface area (Å²) in [6.45, 7) is 3.79. The molecule has 0 saturated heterocycles. The van der Waals surface area contributed by atoms with E-state index in [-0.39, 0.29) is 11.8 Å². The minimum absolute atomic E-state index is 0.201. The third kappa shape index (κ3) is 3.81. The zero-order valence-corrected chi connectivity index (χ0v) is 15.7. The molecule has 0 N–H and O–H groups in total. The maximum atomic E-state index is 11.7. The Labute approximate surface area is 165 Å². The highest BCUT2D eigenvalue weighted by atomic mass is 16.6. The van der Waals surface area contributed by atoms with Gasteiger partial charge in [-0.3, -0.25) is 10.1 Å². The SMILES string of the molecule is Cc1ccc(Oc2ncnc(Oc3cccc4ccc(C)nc34)c2[N+](=O)[O-])cc1. The largest absolute Gasteiger partial charge is 0.433 e. The molecule has 8 heteroatoms. The number of hydrogen-bond donors (Lipinski definition) is 0. The second kappa shape index (κ2) is 7.51. The molecule has 4 aromatic rings. The molecule has 0 atom stereocenters. The molecule has 0 aliphatic heterocycles. The molecule has 144 valence electrons. The van der Waals surface area contributed by atoms with Crippen molar-refractivity contribution in [3.05, 3.63) is 82.3 Å². The minimum Gasteiger partial charge on any atom is -0.433 e. The van der Waals surface area contributed by atoms with Crippen LogP contribution in [-0.2, 0) is 0 Å². The van der Waals surface area contributed by atoms with Gasteiger partial charge in [-0.1, -0.05) is 35.9 Å². The number of para-hydroxylation sites is 1. The van der Waals surface area contributed by atoms with E-state index in [9.17, 15) is 10.1 Å². The van der Waals surface area contributed by atoms with E-state index in [1.807, 2.05) is 44.2 Å². The van der Waals surface area contributed by atoms with Gasteiger partial charge >= 0.3 is 17.4 Å². The van der Waals surface area contributed by atoms with Crippen LogP contribution in [0.2, 0.25) is 0 Å². The Kier molecular flexibility index (Phi) is 4.74. The Morgan fingerprint density at radius 3 is 2.34 bits per heavy atom. The van der Waals surface area contributed by atoms with Gasteiger partial charge in [-0.2, -0.15) is 9.97 Å². The molecule has 0 unspecified atom stereocenters. The van der Waals surface area contributed by atoms with Crippen LogP contribution in [0.1, 0.15) is 11.3 Å². The Morgan fingerprint density at radius 1 is 0.897 bits per heavy atom. The molecule has 0 aliphatic rings. The van der Waals surface area contributed by atoms with Crippen molar-refractivity contribution < 1.29 is 14.4 Å². The van der Waals surface area contributed by atoms with Gasteiger partial charge < -0.3 is 9.47 Å². The summed E-state index contributed by atoms with van der Waals surface area (Å²) in [5.74, 6) is 0.358. The first-order valence-corrected chi connectivity index (χ1v) is 8.79. The number of nitrogens with zero attached hydrogens (tertiary/aromatic N) is 4. The normalized spacial score (nSPS) is 10.7. The van der Waals surface area contributed by atoms with Crippen molar-refractivity contribution in [3.8, 4) is 23.3 Å². The molecule has 2 aromatic heterocycles. The number of aryl methyl sites for hydroxylation is 2. The molecule has 4 rings (SSSR count). The molecule has 0 aliphatic carbocycles. The zero-order chi connectivity index (χ0) is 20.4. The van der Waals surface area contributed by atoms with Gasteiger partial charge in [-0.25, -0.2) is 4.98 Å². The molecule has 0 saturated carbocycles. The summed E-state index contributed by atoms with van der Waals surface area (Å²) in [5.41, 5.74) is 1.96. The predicted molar refractivity (Wildman–Crippen MR) is 106 cm³/mol. The highest BCUT2D eigenvalue weighted by molar-refractivity contribution is 5.85. The molecule has 0 amide bonds. The summed E-state index contributed by atoms with van der Waals surface area (Å²) in [5, 5.41) is 12.6. The molecule has 0 spiro atoms. The smallest absolute Gasteiger partial charge is 0.393 e. The fourth-order valence-corrected chi connectivity index (χ4v) is 2.77. The average Bonchev–Trinajstić information content (AvgIpc) is 2.70. The quantitative estimate of drug-likeness (QED) is 0.345. The standard InChI is InChI=1S/C21H16N4O4/c1-13-6-10-16(11-7-13)28-20-19(25(26)27)21(23-12-22-20)29-17-5-3-4-15-9-8-14(2)24-18(15)17/h3-12H,1-2H3. The lowest BCUT2D eigenvalue weighted by atomic mass is 10.2. The van der Waals surface area contributed by atoms with Crippen LogP contribution in [0.4, 0.5) is 5.69 Å². The van der Waals surface area contributed by atoms with Gasteiger partial charge in [0.1, 0.15) is 17.6 Å². The van der Waals surface area contributed by atoms with Crippen molar-refractivity contribution in [1.29, 1.82) is 0 Å². The molecule has 0 fully saturated rings. The molecular formula is C21H16N4O4. The van der Waals surface area contributed by atoms with Gasteiger partial charge in [0.15, 0.2) is 5.75 Å². The summed E-state index contributed by atoms with van der Waals surface area (Å²) in [6, 6.07) is 16.2. The number of nitro groups is 1. The number of pyridine rings is 1. The number of rotatable bonds is 5. The summed E-state index contributed by atoms with van der Waals surface area (Å²) in [7, 11) is 0. The number of aromatic nitrogens is 3. The molecule has 2 aromatic carbocycles. The van der Waals surface area contributed by atoms with Crippen LogP contribution in [0.5, 0.6) is 23.3 Å². The Morgan fingerprint density at radius 2 is 1.62 bits per heavy atom. The van der Waals surface area contributed by atoms with Crippen molar-refractivity contribution in [2.75, 3.05) is 0 Å². The number of ether oxygens (including phenoxy) is 2. The Balaban J connectivity index is 1.76.